The molecule has 0 atom stereocenters. The van der Waals surface area contributed by atoms with E-state index in [9.17, 15) is 14.4 Å². The molecule has 6 nitrogen and oxygen atoms in total. The van der Waals surface area contributed by atoms with Gasteiger partial charge in [0.05, 0.1) is 34.9 Å². The molecule has 1 aliphatic rings. The zero-order valence-electron chi connectivity index (χ0n) is 12.6. The fourth-order valence-corrected chi connectivity index (χ4v) is 2.44. The van der Waals surface area contributed by atoms with Gasteiger partial charge < -0.3 is 4.74 Å². The summed E-state index contributed by atoms with van der Waals surface area (Å²) in [6.07, 6.45) is 0. The second kappa shape index (κ2) is 6.34. The highest BCUT2D eigenvalue weighted by atomic mass is 16.5. The van der Waals surface area contributed by atoms with E-state index in [1.807, 2.05) is 6.07 Å². The number of ether oxygens (including phenoxy) is 1. The van der Waals surface area contributed by atoms with E-state index in [2.05, 4.69) is 0 Å². The van der Waals surface area contributed by atoms with E-state index in [0.717, 1.165) is 4.90 Å². The van der Waals surface area contributed by atoms with Gasteiger partial charge in [-0.25, -0.2) is 4.79 Å². The van der Waals surface area contributed by atoms with Crippen molar-refractivity contribution in [3.63, 3.8) is 0 Å². The number of amides is 2. The number of carbonyl (C=O) groups is 3. The molecule has 0 bridgehead atoms. The standard InChI is InChI=1S/C18H12N2O4/c19-11-12-5-7-13(8-6-12)18(23)24-10-9-20-16(21)14-3-1-2-4-15(14)17(20)22/h1-8H,9-10H2. The highest BCUT2D eigenvalue weighted by molar-refractivity contribution is 6.21. The normalized spacial score (nSPS) is 12.7. The lowest BCUT2D eigenvalue weighted by molar-refractivity contribution is 0.0420. The lowest BCUT2D eigenvalue weighted by Gasteiger charge is -2.13. The van der Waals surface area contributed by atoms with Gasteiger partial charge in [0.15, 0.2) is 0 Å². The van der Waals surface area contributed by atoms with Crippen LogP contribution in [-0.2, 0) is 4.74 Å². The van der Waals surface area contributed by atoms with Crippen molar-refractivity contribution in [1.29, 1.82) is 5.26 Å². The summed E-state index contributed by atoms with van der Waals surface area (Å²) in [5, 5.41) is 8.72. The summed E-state index contributed by atoms with van der Waals surface area (Å²) in [5.41, 5.74) is 1.47. The minimum Gasteiger partial charge on any atom is -0.460 e. The highest BCUT2D eigenvalue weighted by Crippen LogP contribution is 2.21. The Hall–Kier alpha value is -3.46. The van der Waals surface area contributed by atoms with Crippen LogP contribution in [0.1, 0.15) is 36.6 Å². The van der Waals surface area contributed by atoms with Crippen LogP contribution in [0.15, 0.2) is 48.5 Å². The van der Waals surface area contributed by atoms with Gasteiger partial charge in [-0.2, -0.15) is 5.26 Å². The molecule has 0 radical (unpaired) electrons. The molecule has 2 aromatic carbocycles. The number of fused-ring (bicyclic) bond motifs is 1. The van der Waals surface area contributed by atoms with E-state index in [1.54, 1.807) is 24.3 Å². The fraction of sp³-hybridized carbons (Fsp3) is 0.111. The molecule has 1 aliphatic heterocycles. The third-order valence-corrected chi connectivity index (χ3v) is 3.68. The van der Waals surface area contributed by atoms with Crippen LogP contribution < -0.4 is 0 Å². The summed E-state index contributed by atoms with van der Waals surface area (Å²) in [4.78, 5) is 37.3. The predicted octanol–water partition coefficient (Wildman–Crippen LogP) is 2.01. The molecule has 0 N–H and O–H groups in total. The van der Waals surface area contributed by atoms with Gasteiger partial charge in [0.2, 0.25) is 0 Å². The monoisotopic (exact) mass is 320 g/mol. The maximum absolute atomic E-state index is 12.2. The Bertz CT molecular complexity index is 830. The molecule has 118 valence electrons. The molecule has 2 aromatic rings. The van der Waals surface area contributed by atoms with Crippen molar-refractivity contribution < 1.29 is 19.1 Å². The smallest absolute Gasteiger partial charge is 0.338 e. The van der Waals surface area contributed by atoms with Crippen LogP contribution in [0.3, 0.4) is 0 Å². The first kappa shape index (κ1) is 15.4. The molecule has 1 heterocycles. The quantitative estimate of drug-likeness (QED) is 0.635. The van der Waals surface area contributed by atoms with Crippen LogP contribution in [-0.4, -0.2) is 35.8 Å². The minimum atomic E-state index is -0.573. The van der Waals surface area contributed by atoms with E-state index >= 15 is 0 Å². The zero-order valence-corrected chi connectivity index (χ0v) is 12.6. The van der Waals surface area contributed by atoms with Crippen molar-refractivity contribution in [2.75, 3.05) is 13.2 Å². The highest BCUT2D eigenvalue weighted by Gasteiger charge is 2.34. The Kier molecular flexibility index (Phi) is 4.08. The summed E-state index contributed by atoms with van der Waals surface area (Å²) >= 11 is 0. The molecule has 0 spiro atoms. The van der Waals surface area contributed by atoms with Crippen molar-refractivity contribution in [3.05, 3.63) is 70.8 Å². The second-order valence-corrected chi connectivity index (χ2v) is 5.13. The number of hydrogen-bond acceptors (Lipinski definition) is 5. The first-order valence-corrected chi connectivity index (χ1v) is 7.24. The van der Waals surface area contributed by atoms with E-state index < -0.39 is 5.97 Å². The maximum atomic E-state index is 12.2. The Morgan fingerprint density at radius 1 is 1.00 bits per heavy atom. The summed E-state index contributed by atoms with van der Waals surface area (Å²) in [6, 6.07) is 14.5. The average molecular weight is 320 g/mol. The first-order valence-electron chi connectivity index (χ1n) is 7.24. The number of carbonyl (C=O) groups excluding carboxylic acids is 3. The molecule has 24 heavy (non-hydrogen) atoms. The Labute approximate surface area is 137 Å². The third-order valence-electron chi connectivity index (χ3n) is 3.68. The number of rotatable bonds is 4. The average Bonchev–Trinajstić information content (AvgIpc) is 2.87. The fourth-order valence-electron chi connectivity index (χ4n) is 2.44. The number of nitrogens with zero attached hydrogens (tertiary/aromatic N) is 2. The van der Waals surface area contributed by atoms with Crippen LogP contribution in [0.25, 0.3) is 0 Å². The van der Waals surface area contributed by atoms with Gasteiger partial charge in [-0.1, -0.05) is 12.1 Å². The van der Waals surface area contributed by atoms with Crippen LogP contribution in [0.2, 0.25) is 0 Å². The molecular formula is C18H12N2O4. The molecule has 3 rings (SSSR count). The zero-order chi connectivity index (χ0) is 17.1. The molecule has 6 heteroatoms. The number of nitriles is 1. The first-order chi connectivity index (χ1) is 11.6. The van der Waals surface area contributed by atoms with Crippen molar-refractivity contribution >= 4 is 17.8 Å². The number of hydrogen-bond donors (Lipinski definition) is 0. The van der Waals surface area contributed by atoms with E-state index in [4.69, 9.17) is 10.00 Å². The van der Waals surface area contributed by atoms with Gasteiger partial charge in [0, 0.05) is 0 Å². The van der Waals surface area contributed by atoms with E-state index in [0.29, 0.717) is 22.3 Å². The molecular weight excluding hydrogens is 308 g/mol. The molecule has 0 fully saturated rings. The van der Waals surface area contributed by atoms with Crippen molar-refractivity contribution in [3.8, 4) is 6.07 Å². The van der Waals surface area contributed by atoms with E-state index in [1.165, 1.54) is 24.3 Å². The van der Waals surface area contributed by atoms with Gasteiger partial charge in [-0.15, -0.1) is 0 Å². The number of esters is 1. The maximum Gasteiger partial charge on any atom is 0.338 e. The largest absolute Gasteiger partial charge is 0.460 e. The van der Waals surface area contributed by atoms with Crippen LogP contribution in [0, 0.1) is 11.3 Å². The van der Waals surface area contributed by atoms with Gasteiger partial charge in [0.1, 0.15) is 6.61 Å². The Morgan fingerprint density at radius 2 is 1.58 bits per heavy atom. The van der Waals surface area contributed by atoms with E-state index in [-0.39, 0.29) is 25.0 Å². The van der Waals surface area contributed by atoms with Crippen molar-refractivity contribution in [2.24, 2.45) is 0 Å². The molecule has 2 amide bonds. The van der Waals surface area contributed by atoms with Crippen LogP contribution in [0.4, 0.5) is 0 Å². The summed E-state index contributed by atoms with van der Waals surface area (Å²) in [6.45, 7) is -0.0985. The third kappa shape index (κ3) is 2.75. The van der Waals surface area contributed by atoms with Crippen LogP contribution in [0.5, 0.6) is 0 Å². The van der Waals surface area contributed by atoms with Crippen LogP contribution >= 0.6 is 0 Å². The Morgan fingerprint density at radius 3 is 2.12 bits per heavy atom. The number of imide groups is 1. The molecule has 0 aromatic heterocycles. The molecule has 0 aliphatic carbocycles. The Balaban J connectivity index is 1.59. The summed E-state index contributed by atoms with van der Waals surface area (Å²) in [5.74, 6) is -1.34. The lowest BCUT2D eigenvalue weighted by atomic mass is 10.1. The second-order valence-electron chi connectivity index (χ2n) is 5.13. The van der Waals surface area contributed by atoms with Gasteiger partial charge in [-0.05, 0) is 36.4 Å². The van der Waals surface area contributed by atoms with Crippen molar-refractivity contribution in [1.82, 2.24) is 4.90 Å². The summed E-state index contributed by atoms with van der Waals surface area (Å²) < 4.78 is 5.09. The number of benzene rings is 2. The minimum absolute atomic E-state index is 0.00559. The van der Waals surface area contributed by atoms with Crippen molar-refractivity contribution in [2.45, 2.75) is 0 Å². The van der Waals surface area contributed by atoms with Gasteiger partial charge in [-0.3, -0.25) is 14.5 Å². The van der Waals surface area contributed by atoms with Gasteiger partial charge >= 0.3 is 5.97 Å². The lowest BCUT2D eigenvalue weighted by Crippen LogP contribution is -2.33. The molecule has 0 saturated heterocycles. The topological polar surface area (TPSA) is 87.5 Å². The SMILES string of the molecule is N#Cc1ccc(C(=O)OCCN2C(=O)c3ccccc3C2=O)cc1. The molecule has 0 unspecified atom stereocenters. The summed E-state index contributed by atoms with van der Waals surface area (Å²) in [7, 11) is 0. The predicted molar refractivity (Wildman–Crippen MR) is 83.2 cm³/mol. The molecule has 0 saturated carbocycles. The van der Waals surface area contributed by atoms with Gasteiger partial charge in [0.25, 0.3) is 11.8 Å².